The van der Waals surface area contributed by atoms with Gasteiger partial charge in [-0.05, 0) is 46.2 Å². The molecule has 4 saturated heterocycles. The molecule has 5 nitrogen and oxygen atoms in total. The Morgan fingerprint density at radius 3 is 2.68 bits per heavy atom. The number of amides is 1. The maximum Gasteiger partial charge on any atom is 0.222 e. The Morgan fingerprint density at radius 2 is 2.00 bits per heavy atom. The average molecular weight is 350 g/mol. The van der Waals surface area contributed by atoms with Crippen LogP contribution in [0.2, 0.25) is 0 Å². The molecule has 4 atom stereocenters. The summed E-state index contributed by atoms with van der Waals surface area (Å²) in [6.45, 7) is 7.49. The zero-order valence-corrected chi connectivity index (χ0v) is 16.2. The summed E-state index contributed by atoms with van der Waals surface area (Å²) >= 11 is 0. The maximum atomic E-state index is 12.1. The van der Waals surface area contributed by atoms with Crippen molar-refractivity contribution in [1.82, 2.24) is 14.7 Å². The molecular weight excluding hydrogens is 314 g/mol. The first-order valence-electron chi connectivity index (χ1n) is 10.4. The van der Waals surface area contributed by atoms with Gasteiger partial charge in [0.05, 0.1) is 11.7 Å². The van der Waals surface area contributed by atoms with Crippen molar-refractivity contribution in [3.05, 3.63) is 0 Å². The van der Waals surface area contributed by atoms with E-state index in [1.807, 2.05) is 0 Å². The Hall–Kier alpha value is -0.650. The maximum absolute atomic E-state index is 12.1. The second-order valence-electron chi connectivity index (χ2n) is 9.08. The van der Waals surface area contributed by atoms with Gasteiger partial charge in [-0.3, -0.25) is 9.69 Å². The van der Waals surface area contributed by atoms with E-state index in [1.54, 1.807) is 0 Å². The molecule has 4 heterocycles. The second-order valence-corrected chi connectivity index (χ2v) is 9.08. The number of nitrogens with zero attached hydrogens (tertiary/aromatic N) is 3. The first-order chi connectivity index (χ1) is 12.0. The van der Waals surface area contributed by atoms with Gasteiger partial charge in [-0.15, -0.1) is 0 Å². The summed E-state index contributed by atoms with van der Waals surface area (Å²) in [4.78, 5) is 19.3. The van der Waals surface area contributed by atoms with Crippen molar-refractivity contribution in [1.29, 1.82) is 0 Å². The fraction of sp³-hybridized carbons (Fsp3) is 0.950. The molecule has 5 heteroatoms. The predicted molar refractivity (Wildman–Crippen MR) is 98.5 cm³/mol. The van der Waals surface area contributed by atoms with E-state index in [1.165, 1.54) is 19.4 Å². The van der Waals surface area contributed by atoms with Gasteiger partial charge in [0.2, 0.25) is 5.91 Å². The Labute approximate surface area is 152 Å². The molecule has 0 aliphatic carbocycles. The molecule has 142 valence electrons. The molecule has 4 aliphatic heterocycles. The van der Waals surface area contributed by atoms with Crippen LogP contribution >= 0.6 is 0 Å². The normalized spacial score (nSPS) is 38.7. The fourth-order valence-electron chi connectivity index (χ4n) is 6.02. The van der Waals surface area contributed by atoms with Crippen molar-refractivity contribution < 1.29 is 9.53 Å². The van der Waals surface area contributed by atoms with Gasteiger partial charge in [0.25, 0.3) is 0 Å². The summed E-state index contributed by atoms with van der Waals surface area (Å²) in [7, 11) is 4.38. The number of carbonyl (C=O) groups excluding carboxylic acids is 1. The number of fused-ring (bicyclic) bond motifs is 1. The topological polar surface area (TPSA) is 36.0 Å². The largest absolute Gasteiger partial charge is 0.370 e. The van der Waals surface area contributed by atoms with Crippen molar-refractivity contribution >= 4 is 5.91 Å². The smallest absolute Gasteiger partial charge is 0.222 e. The minimum Gasteiger partial charge on any atom is -0.370 e. The van der Waals surface area contributed by atoms with Crippen LogP contribution < -0.4 is 0 Å². The van der Waals surface area contributed by atoms with Gasteiger partial charge in [0, 0.05) is 57.0 Å². The molecular formula is C20H35N3O2. The Balaban J connectivity index is 1.36. The van der Waals surface area contributed by atoms with Gasteiger partial charge in [-0.2, -0.15) is 0 Å². The molecule has 0 radical (unpaired) electrons. The van der Waals surface area contributed by atoms with Gasteiger partial charge in [0.15, 0.2) is 0 Å². The fourth-order valence-corrected chi connectivity index (χ4v) is 6.02. The second kappa shape index (κ2) is 6.82. The van der Waals surface area contributed by atoms with E-state index < -0.39 is 0 Å². The highest BCUT2D eigenvalue weighted by Crippen LogP contribution is 2.55. The molecule has 0 unspecified atom stereocenters. The summed E-state index contributed by atoms with van der Waals surface area (Å²) in [5, 5.41) is 0. The standard InChI is InChI=1S/C20H35N3O2/c1-4-5-19(24)22-10-7-15(8-11-22)23-13-17-16(12-21(2)3)18-6-9-20(17,14-23)25-18/h15-18H,4-14H2,1-3H3/t16-,17+,18+,20+/m0/s1. The Kier molecular flexibility index (Phi) is 4.84. The number of piperidine rings is 1. The molecule has 2 bridgehead atoms. The van der Waals surface area contributed by atoms with Crippen LogP contribution in [0.1, 0.15) is 45.4 Å². The molecule has 4 aliphatic rings. The molecule has 0 aromatic carbocycles. The number of rotatable bonds is 5. The predicted octanol–water partition coefficient (Wildman–Crippen LogP) is 1.82. The molecule has 4 fully saturated rings. The lowest BCUT2D eigenvalue weighted by atomic mass is 9.73. The van der Waals surface area contributed by atoms with Crippen LogP contribution in [-0.4, -0.2) is 85.2 Å². The van der Waals surface area contributed by atoms with Gasteiger partial charge >= 0.3 is 0 Å². The van der Waals surface area contributed by atoms with Crippen molar-refractivity contribution in [2.24, 2.45) is 11.8 Å². The van der Waals surface area contributed by atoms with Crippen molar-refractivity contribution in [2.75, 3.05) is 46.8 Å². The van der Waals surface area contributed by atoms with Crippen LogP contribution in [0, 0.1) is 11.8 Å². The van der Waals surface area contributed by atoms with Crippen LogP contribution in [-0.2, 0) is 9.53 Å². The van der Waals surface area contributed by atoms with Crippen molar-refractivity contribution in [3.63, 3.8) is 0 Å². The summed E-state index contributed by atoms with van der Waals surface area (Å²) in [5.41, 5.74) is 0.153. The van der Waals surface area contributed by atoms with E-state index in [-0.39, 0.29) is 5.60 Å². The quantitative estimate of drug-likeness (QED) is 0.759. The first-order valence-corrected chi connectivity index (χ1v) is 10.4. The van der Waals surface area contributed by atoms with Crippen LogP contribution in [0.5, 0.6) is 0 Å². The minimum atomic E-state index is 0.153. The zero-order chi connectivity index (χ0) is 17.6. The van der Waals surface area contributed by atoms with Crippen molar-refractivity contribution in [2.45, 2.75) is 63.2 Å². The molecule has 25 heavy (non-hydrogen) atoms. The first kappa shape index (κ1) is 17.7. The highest BCUT2D eigenvalue weighted by molar-refractivity contribution is 5.76. The summed E-state index contributed by atoms with van der Waals surface area (Å²) in [6, 6.07) is 0.647. The highest BCUT2D eigenvalue weighted by Gasteiger charge is 2.63. The molecule has 1 amide bonds. The van der Waals surface area contributed by atoms with E-state index >= 15 is 0 Å². The SMILES string of the molecule is CCCC(=O)N1CCC(N2C[C@@H]3[C@H](CN(C)C)[C@H]4CC[C@]3(C2)O4)CC1. The number of hydrogen-bond donors (Lipinski definition) is 0. The van der Waals surface area contributed by atoms with E-state index in [9.17, 15) is 4.79 Å². The van der Waals surface area contributed by atoms with Crippen molar-refractivity contribution in [3.8, 4) is 0 Å². The van der Waals surface area contributed by atoms with Crippen LogP contribution in [0.3, 0.4) is 0 Å². The molecule has 4 rings (SSSR count). The lowest BCUT2D eigenvalue weighted by molar-refractivity contribution is -0.132. The number of likely N-dealkylation sites (tertiary alicyclic amines) is 2. The van der Waals surface area contributed by atoms with Gasteiger partial charge in [-0.25, -0.2) is 0 Å². The van der Waals surface area contributed by atoms with Crippen LogP contribution in [0.25, 0.3) is 0 Å². The molecule has 1 spiro atoms. The summed E-state index contributed by atoms with van der Waals surface area (Å²) in [5.74, 6) is 1.78. The highest BCUT2D eigenvalue weighted by atomic mass is 16.5. The zero-order valence-electron chi connectivity index (χ0n) is 16.2. The molecule has 0 aromatic rings. The summed E-state index contributed by atoms with van der Waals surface area (Å²) < 4.78 is 6.58. The van der Waals surface area contributed by atoms with E-state index in [0.29, 0.717) is 36.3 Å². The van der Waals surface area contributed by atoms with Crippen LogP contribution in [0.15, 0.2) is 0 Å². The average Bonchev–Trinajstić information content (AvgIpc) is 3.24. The number of ether oxygens (including phenoxy) is 1. The number of carbonyl (C=O) groups is 1. The minimum absolute atomic E-state index is 0.153. The Bertz CT molecular complexity index is 503. The van der Waals surface area contributed by atoms with Crippen LogP contribution in [0.4, 0.5) is 0 Å². The van der Waals surface area contributed by atoms with Gasteiger partial charge < -0.3 is 14.5 Å². The van der Waals surface area contributed by atoms with Gasteiger partial charge in [0.1, 0.15) is 0 Å². The van der Waals surface area contributed by atoms with E-state index in [4.69, 9.17) is 4.74 Å². The number of hydrogen-bond acceptors (Lipinski definition) is 4. The Morgan fingerprint density at radius 1 is 1.24 bits per heavy atom. The van der Waals surface area contributed by atoms with Gasteiger partial charge in [-0.1, -0.05) is 6.92 Å². The molecule has 0 saturated carbocycles. The lowest BCUT2D eigenvalue weighted by Crippen LogP contribution is -2.47. The monoisotopic (exact) mass is 349 g/mol. The van der Waals surface area contributed by atoms with E-state index in [0.717, 1.165) is 45.4 Å². The summed E-state index contributed by atoms with van der Waals surface area (Å²) in [6.07, 6.45) is 6.97. The third-order valence-corrected chi connectivity index (χ3v) is 7.18. The third kappa shape index (κ3) is 3.13. The lowest BCUT2D eigenvalue weighted by Gasteiger charge is -2.37. The molecule has 0 aromatic heterocycles. The third-order valence-electron chi connectivity index (χ3n) is 7.18. The molecule has 0 N–H and O–H groups in total. The van der Waals surface area contributed by atoms with E-state index in [2.05, 4.69) is 35.7 Å².